The Balaban J connectivity index is 2.09. The first-order valence-corrected chi connectivity index (χ1v) is 9.50. The Morgan fingerprint density at radius 2 is 1.61 bits per heavy atom. The maximum absolute atomic E-state index is 11.5. The molecule has 0 saturated heterocycles. The predicted molar refractivity (Wildman–Crippen MR) is 96.0 cm³/mol. The highest BCUT2D eigenvalue weighted by atomic mass is 32.2. The summed E-state index contributed by atoms with van der Waals surface area (Å²) in [6, 6.07) is 16.1. The number of rotatable bonds is 7. The third-order valence-corrected chi connectivity index (χ3v) is 5.07. The normalized spacial score (nSPS) is 15.1. The van der Waals surface area contributed by atoms with Crippen LogP contribution in [0.5, 0.6) is 0 Å². The Bertz CT molecular complexity index is 637. The van der Waals surface area contributed by atoms with E-state index in [0.29, 0.717) is 0 Å². The molecule has 0 spiro atoms. The third-order valence-electron chi connectivity index (χ3n) is 4.14. The third kappa shape index (κ3) is 4.74. The number of hydrogen-bond acceptors (Lipinski definition) is 3. The molecule has 0 aliphatic carbocycles. The molecule has 0 bridgehead atoms. The van der Waals surface area contributed by atoms with Crippen LogP contribution in [0, 0.1) is 0 Å². The molecule has 0 amide bonds. The first-order valence-electron chi connectivity index (χ1n) is 7.94. The van der Waals surface area contributed by atoms with Crippen LogP contribution >= 0.6 is 0 Å². The second-order valence-electron chi connectivity index (χ2n) is 5.74. The van der Waals surface area contributed by atoms with Crippen LogP contribution in [-0.4, -0.2) is 22.2 Å². The average molecular weight is 331 g/mol. The predicted octanol–water partition coefficient (Wildman–Crippen LogP) is 3.37. The van der Waals surface area contributed by atoms with E-state index >= 15 is 0 Å². The number of hydrogen-bond donors (Lipinski definition) is 2. The zero-order valence-electron chi connectivity index (χ0n) is 14.0. The molecule has 0 fully saturated rings. The summed E-state index contributed by atoms with van der Waals surface area (Å²) in [7, 11) is -0.956. The van der Waals surface area contributed by atoms with Crippen molar-refractivity contribution in [3.8, 4) is 0 Å². The van der Waals surface area contributed by atoms with Crippen molar-refractivity contribution in [3.63, 3.8) is 0 Å². The molecule has 0 aromatic heterocycles. The summed E-state index contributed by atoms with van der Waals surface area (Å²) in [4.78, 5) is 0.829. The summed E-state index contributed by atoms with van der Waals surface area (Å²) in [5.74, 6) is 0. The maximum Gasteiger partial charge on any atom is 0.0626 e. The summed E-state index contributed by atoms with van der Waals surface area (Å²) in [5, 5.41) is 13.2. The molecule has 2 aromatic rings. The number of aliphatic hydroxyl groups is 1. The minimum atomic E-state index is -0.956. The van der Waals surface area contributed by atoms with Gasteiger partial charge in [0.25, 0.3) is 0 Å². The van der Waals surface area contributed by atoms with Gasteiger partial charge in [0.1, 0.15) is 0 Å². The van der Waals surface area contributed by atoms with Crippen molar-refractivity contribution in [2.75, 3.05) is 12.9 Å². The van der Waals surface area contributed by atoms with Crippen molar-refractivity contribution in [1.82, 2.24) is 5.32 Å². The van der Waals surface area contributed by atoms with Crippen LogP contribution in [0.15, 0.2) is 53.4 Å². The van der Waals surface area contributed by atoms with Gasteiger partial charge in [-0.25, -0.2) is 0 Å². The number of benzene rings is 2. The van der Waals surface area contributed by atoms with E-state index in [1.165, 1.54) is 5.56 Å². The lowest BCUT2D eigenvalue weighted by Crippen LogP contribution is -2.27. The molecule has 124 valence electrons. The highest BCUT2D eigenvalue weighted by Gasteiger charge is 2.14. The van der Waals surface area contributed by atoms with Gasteiger partial charge in [-0.3, -0.25) is 4.21 Å². The van der Waals surface area contributed by atoms with Gasteiger partial charge in [0.15, 0.2) is 0 Å². The summed E-state index contributed by atoms with van der Waals surface area (Å²) in [6.07, 6.45) is 2.69. The van der Waals surface area contributed by atoms with Crippen molar-refractivity contribution in [3.05, 3.63) is 65.2 Å². The molecule has 0 aliphatic rings. The van der Waals surface area contributed by atoms with Gasteiger partial charge in [-0.05, 0) is 42.2 Å². The van der Waals surface area contributed by atoms with Crippen LogP contribution in [-0.2, 0) is 17.2 Å². The van der Waals surface area contributed by atoms with Gasteiger partial charge in [0, 0.05) is 28.0 Å². The topological polar surface area (TPSA) is 49.3 Å². The zero-order valence-corrected chi connectivity index (χ0v) is 14.8. The molecule has 2 aromatic carbocycles. The van der Waals surface area contributed by atoms with Crippen molar-refractivity contribution in [1.29, 1.82) is 0 Å². The minimum Gasteiger partial charge on any atom is -0.394 e. The Labute approximate surface area is 141 Å². The molecule has 4 heteroatoms. The largest absolute Gasteiger partial charge is 0.394 e. The Morgan fingerprint density at radius 1 is 1.04 bits per heavy atom. The lowest BCUT2D eigenvalue weighted by atomic mass is 10.0. The van der Waals surface area contributed by atoms with Crippen LogP contribution in [0.25, 0.3) is 0 Å². The second kappa shape index (κ2) is 8.39. The van der Waals surface area contributed by atoms with Gasteiger partial charge in [-0.15, -0.1) is 0 Å². The Hall–Kier alpha value is -1.49. The van der Waals surface area contributed by atoms with Crippen molar-refractivity contribution in [2.45, 2.75) is 37.2 Å². The average Bonchev–Trinajstić information content (AvgIpc) is 2.59. The van der Waals surface area contributed by atoms with Crippen molar-refractivity contribution < 1.29 is 9.32 Å². The lowest BCUT2D eigenvalue weighted by molar-refractivity contribution is 0.235. The minimum absolute atomic E-state index is 0.0485. The van der Waals surface area contributed by atoms with Crippen LogP contribution in [0.4, 0.5) is 0 Å². The summed E-state index contributed by atoms with van der Waals surface area (Å²) in [6.45, 7) is 4.25. The van der Waals surface area contributed by atoms with E-state index in [1.807, 2.05) is 24.3 Å². The van der Waals surface area contributed by atoms with Crippen LogP contribution < -0.4 is 5.32 Å². The first kappa shape index (κ1) is 17.9. The van der Waals surface area contributed by atoms with Crippen LogP contribution in [0.2, 0.25) is 0 Å². The fourth-order valence-corrected chi connectivity index (χ4v) is 3.11. The van der Waals surface area contributed by atoms with E-state index in [1.54, 1.807) is 6.26 Å². The van der Waals surface area contributed by atoms with E-state index in [2.05, 4.69) is 43.4 Å². The van der Waals surface area contributed by atoms with Gasteiger partial charge in [-0.1, -0.05) is 43.3 Å². The molecular formula is C19H25NO2S. The standard InChI is InChI=1S/C19H25NO2S/c1-4-15-5-7-17(8-6-15)19(13-21)20-14(2)16-9-11-18(12-10-16)23(3)22/h5-12,14,19-21H,4,13H2,1-3H3. The first-order chi connectivity index (χ1) is 11.0. The molecule has 2 rings (SSSR count). The van der Waals surface area contributed by atoms with Gasteiger partial charge < -0.3 is 10.4 Å². The van der Waals surface area contributed by atoms with Gasteiger partial charge in [0.05, 0.1) is 12.6 Å². The summed E-state index contributed by atoms with van der Waals surface area (Å²) < 4.78 is 11.5. The molecule has 2 N–H and O–H groups in total. The van der Waals surface area contributed by atoms with E-state index in [-0.39, 0.29) is 18.7 Å². The Kier molecular flexibility index (Phi) is 6.51. The SMILES string of the molecule is CCc1ccc(C(CO)NC(C)c2ccc(S(C)=O)cc2)cc1. The summed E-state index contributed by atoms with van der Waals surface area (Å²) >= 11 is 0. The molecule has 0 saturated carbocycles. The van der Waals surface area contributed by atoms with E-state index in [9.17, 15) is 9.32 Å². The number of nitrogens with one attached hydrogen (secondary N) is 1. The smallest absolute Gasteiger partial charge is 0.0626 e. The van der Waals surface area contributed by atoms with Gasteiger partial charge in [0.2, 0.25) is 0 Å². The Morgan fingerprint density at radius 3 is 2.09 bits per heavy atom. The second-order valence-corrected chi connectivity index (χ2v) is 7.12. The molecular weight excluding hydrogens is 306 g/mol. The fraction of sp³-hybridized carbons (Fsp3) is 0.368. The summed E-state index contributed by atoms with van der Waals surface area (Å²) in [5.41, 5.74) is 3.49. The maximum atomic E-state index is 11.5. The molecule has 3 atom stereocenters. The van der Waals surface area contributed by atoms with E-state index in [4.69, 9.17) is 0 Å². The van der Waals surface area contributed by atoms with E-state index in [0.717, 1.165) is 22.4 Å². The van der Waals surface area contributed by atoms with Crippen molar-refractivity contribution >= 4 is 10.8 Å². The van der Waals surface area contributed by atoms with Crippen molar-refractivity contribution in [2.24, 2.45) is 0 Å². The molecule has 23 heavy (non-hydrogen) atoms. The number of aliphatic hydroxyl groups excluding tert-OH is 1. The van der Waals surface area contributed by atoms with Crippen LogP contribution in [0.1, 0.15) is 42.6 Å². The molecule has 0 radical (unpaired) electrons. The monoisotopic (exact) mass is 331 g/mol. The van der Waals surface area contributed by atoms with E-state index < -0.39 is 10.8 Å². The molecule has 0 heterocycles. The van der Waals surface area contributed by atoms with Gasteiger partial charge >= 0.3 is 0 Å². The highest BCUT2D eigenvalue weighted by Crippen LogP contribution is 2.21. The molecule has 3 unspecified atom stereocenters. The number of aryl methyl sites for hydroxylation is 1. The fourth-order valence-electron chi connectivity index (χ4n) is 2.59. The van der Waals surface area contributed by atoms with Gasteiger partial charge in [-0.2, -0.15) is 0 Å². The highest BCUT2D eigenvalue weighted by molar-refractivity contribution is 7.84. The quantitative estimate of drug-likeness (QED) is 0.818. The molecule has 3 nitrogen and oxygen atoms in total. The zero-order chi connectivity index (χ0) is 16.8. The lowest BCUT2D eigenvalue weighted by Gasteiger charge is -2.23. The van der Waals surface area contributed by atoms with Crippen LogP contribution in [0.3, 0.4) is 0 Å². The molecule has 0 aliphatic heterocycles.